The highest BCUT2D eigenvalue weighted by molar-refractivity contribution is 5.63. The van der Waals surface area contributed by atoms with Crippen LogP contribution in [-0.2, 0) is 0 Å². The van der Waals surface area contributed by atoms with Crippen molar-refractivity contribution in [2.75, 3.05) is 0 Å². The molecule has 1 aliphatic carbocycles. The van der Waals surface area contributed by atoms with Gasteiger partial charge in [0.1, 0.15) is 11.7 Å². The fraction of sp³-hybridized carbons (Fsp3) is 0.385. The third-order valence-corrected chi connectivity index (χ3v) is 5.83. The molecule has 0 spiro atoms. The zero-order valence-electron chi connectivity index (χ0n) is 16.9. The van der Waals surface area contributed by atoms with Gasteiger partial charge >= 0.3 is 0 Å². The minimum Gasteiger partial charge on any atom is -0.208 e. The summed E-state index contributed by atoms with van der Waals surface area (Å²) in [7, 11) is 0. The van der Waals surface area contributed by atoms with Crippen molar-refractivity contribution >= 4 is 0 Å². The number of hydrogen-bond donors (Lipinski definition) is 0. The standard InChI is InChI=1S/C26H30F2/c1-3-5-9-18-26(17-4-2)19-16-23(24(27)25(26)28)22-14-12-21(13-15-22)20-10-7-6-8-11-20/h6-8,10-16,19,23H,3-5,9,17-18H2,1-2H3. The predicted octanol–water partition coefficient (Wildman–Crippen LogP) is 8.52. The van der Waals surface area contributed by atoms with Gasteiger partial charge in [-0.1, -0.05) is 106 Å². The number of halogens is 2. The van der Waals surface area contributed by atoms with Gasteiger partial charge in [0.2, 0.25) is 0 Å². The Morgan fingerprint density at radius 1 is 0.786 bits per heavy atom. The lowest BCUT2D eigenvalue weighted by Crippen LogP contribution is -2.24. The monoisotopic (exact) mass is 380 g/mol. The summed E-state index contributed by atoms with van der Waals surface area (Å²) < 4.78 is 30.4. The first kappa shape index (κ1) is 20.5. The lowest BCUT2D eigenvalue weighted by atomic mass is 9.72. The van der Waals surface area contributed by atoms with Gasteiger partial charge in [-0.05, 0) is 29.5 Å². The maximum atomic E-state index is 15.2. The van der Waals surface area contributed by atoms with Crippen molar-refractivity contribution < 1.29 is 8.78 Å². The van der Waals surface area contributed by atoms with Crippen molar-refractivity contribution in [1.82, 2.24) is 0 Å². The molecule has 2 aromatic rings. The molecule has 0 saturated carbocycles. The van der Waals surface area contributed by atoms with Crippen LogP contribution in [-0.4, -0.2) is 0 Å². The summed E-state index contributed by atoms with van der Waals surface area (Å²) in [6.45, 7) is 4.17. The van der Waals surface area contributed by atoms with Crippen molar-refractivity contribution in [2.45, 2.75) is 58.3 Å². The zero-order valence-corrected chi connectivity index (χ0v) is 16.9. The maximum absolute atomic E-state index is 15.2. The number of rotatable bonds is 8. The van der Waals surface area contributed by atoms with Gasteiger partial charge in [-0.15, -0.1) is 0 Å². The van der Waals surface area contributed by atoms with Gasteiger partial charge in [-0.3, -0.25) is 0 Å². The Kier molecular flexibility index (Phi) is 6.83. The average Bonchev–Trinajstić information content (AvgIpc) is 2.73. The molecule has 2 unspecified atom stereocenters. The van der Waals surface area contributed by atoms with Gasteiger partial charge < -0.3 is 0 Å². The van der Waals surface area contributed by atoms with Crippen LogP contribution >= 0.6 is 0 Å². The van der Waals surface area contributed by atoms with Crippen LogP contribution < -0.4 is 0 Å². The third kappa shape index (κ3) is 4.27. The molecule has 0 amide bonds. The molecule has 28 heavy (non-hydrogen) atoms. The highest BCUT2D eigenvalue weighted by Gasteiger charge is 2.39. The van der Waals surface area contributed by atoms with E-state index < -0.39 is 23.0 Å². The van der Waals surface area contributed by atoms with E-state index >= 15 is 8.78 Å². The Balaban J connectivity index is 1.84. The molecule has 2 atom stereocenters. The Hall–Kier alpha value is -2.22. The lowest BCUT2D eigenvalue weighted by molar-refractivity contribution is 0.273. The van der Waals surface area contributed by atoms with E-state index in [0.717, 1.165) is 42.4 Å². The molecule has 0 nitrogen and oxygen atoms in total. The summed E-state index contributed by atoms with van der Waals surface area (Å²) >= 11 is 0. The number of unbranched alkanes of at least 4 members (excludes halogenated alkanes) is 2. The molecule has 1 aliphatic rings. The van der Waals surface area contributed by atoms with Gasteiger partial charge in [0.05, 0.1) is 5.92 Å². The molecule has 0 fully saturated rings. The molecule has 0 bridgehead atoms. The van der Waals surface area contributed by atoms with E-state index in [4.69, 9.17) is 0 Å². The van der Waals surface area contributed by atoms with Crippen LogP contribution in [0, 0.1) is 5.41 Å². The van der Waals surface area contributed by atoms with Crippen molar-refractivity contribution in [1.29, 1.82) is 0 Å². The molecular formula is C26H30F2. The van der Waals surface area contributed by atoms with Gasteiger partial charge in [0.15, 0.2) is 0 Å². The van der Waals surface area contributed by atoms with E-state index in [1.54, 1.807) is 0 Å². The molecule has 0 radical (unpaired) electrons. The molecule has 3 rings (SSSR count). The summed E-state index contributed by atoms with van der Waals surface area (Å²) in [5, 5.41) is 0. The predicted molar refractivity (Wildman–Crippen MR) is 114 cm³/mol. The maximum Gasteiger partial charge on any atom is 0.143 e. The first-order valence-corrected chi connectivity index (χ1v) is 10.5. The SMILES string of the molecule is CCCCCC1(CCC)C=CC(c2ccc(-c3ccccc3)cc2)C(F)=C1F. The molecule has 2 heteroatoms. The molecule has 148 valence electrons. The normalized spacial score (nSPS) is 21.9. The van der Waals surface area contributed by atoms with E-state index in [1.807, 2.05) is 73.7 Å². The van der Waals surface area contributed by atoms with Crippen molar-refractivity contribution in [3.8, 4) is 11.1 Å². The second-order valence-corrected chi connectivity index (χ2v) is 7.85. The summed E-state index contributed by atoms with van der Waals surface area (Å²) in [6, 6.07) is 17.9. The number of hydrogen-bond acceptors (Lipinski definition) is 0. The first-order valence-electron chi connectivity index (χ1n) is 10.5. The molecule has 0 aromatic heterocycles. The van der Waals surface area contributed by atoms with Crippen molar-refractivity contribution in [2.24, 2.45) is 5.41 Å². The van der Waals surface area contributed by atoms with Crippen molar-refractivity contribution in [3.63, 3.8) is 0 Å². The largest absolute Gasteiger partial charge is 0.208 e. The number of allylic oxidation sites excluding steroid dienone is 4. The Morgan fingerprint density at radius 2 is 1.46 bits per heavy atom. The summed E-state index contributed by atoms with van der Waals surface area (Å²) in [4.78, 5) is 0. The van der Waals surface area contributed by atoms with Gasteiger partial charge in [0, 0.05) is 5.41 Å². The lowest BCUT2D eigenvalue weighted by Gasteiger charge is -2.34. The highest BCUT2D eigenvalue weighted by Crippen LogP contribution is 2.49. The number of benzene rings is 2. The van der Waals surface area contributed by atoms with Crippen LogP contribution in [0.4, 0.5) is 8.78 Å². The van der Waals surface area contributed by atoms with Crippen LogP contribution in [0.3, 0.4) is 0 Å². The molecule has 0 N–H and O–H groups in total. The fourth-order valence-corrected chi connectivity index (χ4v) is 4.23. The summed E-state index contributed by atoms with van der Waals surface area (Å²) in [5.74, 6) is -1.79. The van der Waals surface area contributed by atoms with Crippen LogP contribution in [0.2, 0.25) is 0 Å². The first-order chi connectivity index (χ1) is 13.6. The van der Waals surface area contributed by atoms with Crippen LogP contribution in [0.15, 0.2) is 78.4 Å². The van der Waals surface area contributed by atoms with Gasteiger partial charge in [-0.2, -0.15) is 0 Å². The smallest absolute Gasteiger partial charge is 0.143 e. The minimum absolute atomic E-state index is 0.551. The fourth-order valence-electron chi connectivity index (χ4n) is 4.23. The van der Waals surface area contributed by atoms with E-state index in [9.17, 15) is 0 Å². The van der Waals surface area contributed by atoms with E-state index in [1.165, 1.54) is 0 Å². The van der Waals surface area contributed by atoms with Gasteiger partial charge in [-0.25, -0.2) is 8.78 Å². The zero-order chi connectivity index (χ0) is 20.0. The Morgan fingerprint density at radius 3 is 2.11 bits per heavy atom. The van der Waals surface area contributed by atoms with Crippen molar-refractivity contribution in [3.05, 3.63) is 84.0 Å². The molecule has 0 heterocycles. The third-order valence-electron chi connectivity index (χ3n) is 5.83. The average molecular weight is 381 g/mol. The van der Waals surface area contributed by atoms with E-state index in [2.05, 4.69) is 6.92 Å². The molecular weight excluding hydrogens is 350 g/mol. The summed E-state index contributed by atoms with van der Waals surface area (Å²) in [5.41, 5.74) is 2.23. The van der Waals surface area contributed by atoms with Crippen LogP contribution in [0.1, 0.15) is 63.9 Å². The van der Waals surface area contributed by atoms with E-state index in [0.29, 0.717) is 12.8 Å². The molecule has 0 saturated heterocycles. The van der Waals surface area contributed by atoms with Crippen LogP contribution in [0.5, 0.6) is 0 Å². The second kappa shape index (κ2) is 9.32. The molecule has 2 aromatic carbocycles. The summed E-state index contributed by atoms with van der Waals surface area (Å²) in [6.07, 6.45) is 9.06. The highest BCUT2D eigenvalue weighted by atomic mass is 19.2. The second-order valence-electron chi connectivity index (χ2n) is 7.85. The Bertz CT molecular complexity index is 817. The van der Waals surface area contributed by atoms with Crippen LogP contribution in [0.25, 0.3) is 11.1 Å². The molecule has 0 aliphatic heterocycles. The van der Waals surface area contributed by atoms with Gasteiger partial charge in [0.25, 0.3) is 0 Å². The quantitative estimate of drug-likeness (QED) is 0.318. The Labute approximate surface area is 168 Å². The topological polar surface area (TPSA) is 0 Å². The minimum atomic E-state index is -0.755. The van der Waals surface area contributed by atoms with E-state index in [-0.39, 0.29) is 0 Å².